The molecule has 11 heteroatoms. The number of carbonyl (C=O) groups excluding carboxylic acids is 1. The second kappa shape index (κ2) is 11.9. The van der Waals surface area contributed by atoms with Gasteiger partial charge in [0.25, 0.3) is 10.0 Å². The van der Waals surface area contributed by atoms with Crippen LogP contribution in [0.4, 0.5) is 10.8 Å². The highest BCUT2D eigenvalue weighted by Crippen LogP contribution is 2.36. The van der Waals surface area contributed by atoms with Gasteiger partial charge in [0.1, 0.15) is 10.3 Å². The van der Waals surface area contributed by atoms with Crippen LogP contribution in [0.15, 0.2) is 71.6 Å². The fourth-order valence-corrected chi connectivity index (χ4v) is 7.59. The van der Waals surface area contributed by atoms with Crippen molar-refractivity contribution in [3.8, 4) is 5.88 Å². The van der Waals surface area contributed by atoms with Gasteiger partial charge in [0.05, 0.1) is 23.6 Å². The Labute approximate surface area is 238 Å². The number of sulfonamides is 1. The fraction of sp³-hybridized carbons (Fsp3) is 0.345. The van der Waals surface area contributed by atoms with E-state index in [1.807, 2.05) is 12.1 Å². The molecule has 1 saturated carbocycles. The Bertz CT molecular complexity index is 1570. The predicted molar refractivity (Wildman–Crippen MR) is 158 cm³/mol. The van der Waals surface area contributed by atoms with E-state index in [-0.39, 0.29) is 10.8 Å². The Hall–Kier alpha value is -3.54. The van der Waals surface area contributed by atoms with Crippen molar-refractivity contribution in [2.24, 2.45) is 5.92 Å². The number of hydrogen-bond donors (Lipinski definition) is 1. The Morgan fingerprint density at radius 2 is 1.73 bits per heavy atom. The van der Waals surface area contributed by atoms with Crippen LogP contribution in [0.5, 0.6) is 5.88 Å². The largest absolute Gasteiger partial charge is 0.481 e. The molecule has 0 bridgehead atoms. The van der Waals surface area contributed by atoms with Crippen LogP contribution >= 0.6 is 11.3 Å². The molecular weight excluding hydrogens is 546 g/mol. The number of benzene rings is 2. The van der Waals surface area contributed by atoms with Gasteiger partial charge in [-0.15, -0.1) is 0 Å². The second-order valence-corrected chi connectivity index (χ2v) is 12.9. The summed E-state index contributed by atoms with van der Waals surface area (Å²) in [4.78, 5) is 23.4. The number of carbonyl (C=O) groups is 1. The van der Waals surface area contributed by atoms with E-state index >= 15 is 0 Å². The van der Waals surface area contributed by atoms with E-state index in [9.17, 15) is 13.2 Å². The Morgan fingerprint density at radius 3 is 2.38 bits per heavy atom. The first kappa shape index (κ1) is 28.0. The minimum absolute atomic E-state index is 0.153. The lowest BCUT2D eigenvalue weighted by Crippen LogP contribution is -2.42. The molecule has 5 rings (SSSR count). The topological polar surface area (TPSA) is 105 Å². The maximum atomic E-state index is 13.6. The lowest BCUT2D eigenvalue weighted by Gasteiger charge is -2.30. The maximum absolute atomic E-state index is 13.6. The molecule has 1 fully saturated rings. The number of nitrogens with zero attached hydrogens (tertiary/aromatic N) is 4. The number of nitrogens with one attached hydrogen (secondary N) is 1. The molecule has 0 spiro atoms. The molecule has 1 aliphatic carbocycles. The molecule has 9 nitrogen and oxygen atoms in total. The normalized spacial score (nSPS) is 14.9. The molecule has 2 aromatic heterocycles. The van der Waals surface area contributed by atoms with E-state index < -0.39 is 15.9 Å². The molecule has 0 saturated heterocycles. The quantitative estimate of drug-likeness (QED) is 0.241. The van der Waals surface area contributed by atoms with E-state index in [2.05, 4.69) is 15.3 Å². The van der Waals surface area contributed by atoms with Gasteiger partial charge >= 0.3 is 0 Å². The number of hydrogen-bond acceptors (Lipinski definition) is 8. The second-order valence-electron chi connectivity index (χ2n) is 10.1. The van der Waals surface area contributed by atoms with Crippen LogP contribution in [0.3, 0.4) is 0 Å². The third-order valence-corrected chi connectivity index (χ3v) is 9.92. The van der Waals surface area contributed by atoms with Gasteiger partial charge in [-0.2, -0.15) is 12.8 Å². The highest BCUT2D eigenvalue weighted by atomic mass is 32.2. The van der Waals surface area contributed by atoms with Crippen LogP contribution in [-0.4, -0.2) is 50.5 Å². The molecule has 2 heterocycles. The molecule has 1 unspecified atom stereocenters. The molecular formula is C29H33N5O4S2. The smallest absolute Gasteiger partial charge is 0.277 e. The summed E-state index contributed by atoms with van der Waals surface area (Å²) in [6, 6.07) is 19.2. The number of hydrazine groups is 1. The summed E-state index contributed by atoms with van der Waals surface area (Å²) in [5, 5.41) is 5.01. The number of fused-ring (bicyclic) bond motifs is 1. The zero-order chi connectivity index (χ0) is 28.3. The number of amides is 1. The number of para-hydroxylation sites is 1. The third kappa shape index (κ3) is 5.96. The summed E-state index contributed by atoms with van der Waals surface area (Å²) in [7, 11) is 1.06. The lowest BCUT2D eigenvalue weighted by molar-refractivity contribution is -0.118. The molecule has 40 heavy (non-hydrogen) atoms. The monoisotopic (exact) mass is 579 g/mol. The number of pyridine rings is 1. The zero-order valence-electron chi connectivity index (χ0n) is 22.8. The number of ether oxygens (including phenoxy) is 1. The summed E-state index contributed by atoms with van der Waals surface area (Å²) in [5.41, 5.74) is 2.00. The number of rotatable bonds is 10. The average Bonchev–Trinajstić information content (AvgIpc) is 3.61. The minimum atomic E-state index is -3.87. The highest BCUT2D eigenvalue weighted by molar-refractivity contribution is 7.92. The molecule has 4 aromatic rings. The van der Waals surface area contributed by atoms with Gasteiger partial charge in [-0.25, -0.2) is 15.0 Å². The molecule has 1 aliphatic rings. The summed E-state index contributed by atoms with van der Waals surface area (Å²) in [6.07, 6.45) is 5.22. The molecule has 0 aliphatic heterocycles. The zero-order valence-corrected chi connectivity index (χ0v) is 24.4. The standard InChI is InChI=1S/C29H33N5O4S2/c1-33(2)34(22-11-5-4-6-12-22)40(36,37)23-15-13-21(14-16-23)24(19-20-9-7-8-10-20)27(35)32-29-30-25-17-18-26(38-3)31-28(25)39-29/h4-6,11-18,20,24H,7-10,19H2,1-3H3,(H,30,32,35). The number of anilines is 2. The number of aromatic nitrogens is 2. The van der Waals surface area contributed by atoms with Crippen LogP contribution in [0.1, 0.15) is 43.6 Å². The van der Waals surface area contributed by atoms with Crippen LogP contribution in [-0.2, 0) is 14.8 Å². The van der Waals surface area contributed by atoms with Gasteiger partial charge in [0, 0.05) is 20.2 Å². The van der Waals surface area contributed by atoms with Crippen molar-refractivity contribution >= 4 is 48.4 Å². The molecule has 1 N–H and O–H groups in total. The van der Waals surface area contributed by atoms with E-state index in [1.54, 1.807) is 75.8 Å². The van der Waals surface area contributed by atoms with Crippen LogP contribution < -0.4 is 14.5 Å². The molecule has 1 atom stereocenters. The Balaban J connectivity index is 1.41. The van der Waals surface area contributed by atoms with Gasteiger partial charge < -0.3 is 10.1 Å². The SMILES string of the molecule is COc1ccc2nc(NC(=O)C(CC3CCCC3)c3ccc(S(=O)(=O)N(c4ccccc4)N(C)C)cc3)sc2n1. The van der Waals surface area contributed by atoms with Gasteiger partial charge in [-0.3, -0.25) is 4.79 Å². The van der Waals surface area contributed by atoms with E-state index in [0.29, 0.717) is 39.4 Å². The summed E-state index contributed by atoms with van der Waals surface area (Å²) in [6.45, 7) is 0. The van der Waals surface area contributed by atoms with E-state index in [1.165, 1.54) is 33.6 Å². The summed E-state index contributed by atoms with van der Waals surface area (Å²) in [5.74, 6) is 0.340. The fourth-order valence-electron chi connectivity index (χ4n) is 5.25. The Kier molecular flexibility index (Phi) is 8.34. The van der Waals surface area contributed by atoms with Crippen molar-refractivity contribution in [1.82, 2.24) is 15.0 Å². The molecule has 2 aromatic carbocycles. The van der Waals surface area contributed by atoms with Crippen LogP contribution in [0, 0.1) is 5.92 Å². The number of thiazole rings is 1. The van der Waals surface area contributed by atoms with Crippen LogP contribution in [0.2, 0.25) is 0 Å². The van der Waals surface area contributed by atoms with Gasteiger partial charge in [0.15, 0.2) is 5.13 Å². The van der Waals surface area contributed by atoms with E-state index in [4.69, 9.17) is 4.74 Å². The maximum Gasteiger partial charge on any atom is 0.277 e. The van der Waals surface area contributed by atoms with Crippen molar-refractivity contribution in [2.45, 2.75) is 42.9 Å². The van der Waals surface area contributed by atoms with E-state index in [0.717, 1.165) is 18.4 Å². The third-order valence-electron chi connectivity index (χ3n) is 7.18. The van der Waals surface area contributed by atoms with Crippen molar-refractivity contribution in [3.05, 3.63) is 72.3 Å². The number of methoxy groups -OCH3 is 1. The molecule has 1 amide bonds. The van der Waals surface area contributed by atoms with Crippen molar-refractivity contribution in [2.75, 3.05) is 30.9 Å². The highest BCUT2D eigenvalue weighted by Gasteiger charge is 2.30. The average molecular weight is 580 g/mol. The predicted octanol–water partition coefficient (Wildman–Crippen LogP) is 5.67. The van der Waals surface area contributed by atoms with Gasteiger partial charge in [-0.05, 0) is 48.2 Å². The van der Waals surface area contributed by atoms with Gasteiger partial charge in [0.2, 0.25) is 11.8 Å². The Morgan fingerprint density at radius 1 is 1.02 bits per heavy atom. The first-order valence-electron chi connectivity index (χ1n) is 13.3. The van der Waals surface area contributed by atoms with Crippen LogP contribution in [0.25, 0.3) is 10.3 Å². The summed E-state index contributed by atoms with van der Waals surface area (Å²) >= 11 is 1.30. The van der Waals surface area contributed by atoms with Crippen molar-refractivity contribution in [3.63, 3.8) is 0 Å². The van der Waals surface area contributed by atoms with Crippen molar-refractivity contribution in [1.29, 1.82) is 0 Å². The molecule has 0 radical (unpaired) electrons. The lowest BCUT2D eigenvalue weighted by atomic mass is 9.87. The first-order chi connectivity index (χ1) is 19.3. The van der Waals surface area contributed by atoms with Gasteiger partial charge in [-0.1, -0.05) is 67.4 Å². The molecule has 210 valence electrons. The summed E-state index contributed by atoms with van der Waals surface area (Å²) < 4.78 is 33.7. The van der Waals surface area contributed by atoms with Crippen molar-refractivity contribution < 1.29 is 17.9 Å². The first-order valence-corrected chi connectivity index (χ1v) is 15.5. The minimum Gasteiger partial charge on any atom is -0.481 e.